The molecule has 0 aliphatic heterocycles. The number of hydrogen-bond donors (Lipinski definition) is 1. The van der Waals surface area contributed by atoms with Crippen LogP contribution in [0.1, 0.15) is 37.2 Å². The molecule has 0 amide bonds. The molecule has 114 valence electrons. The van der Waals surface area contributed by atoms with Gasteiger partial charge < -0.3 is 5.11 Å². The highest BCUT2D eigenvalue weighted by atomic mass is 35.5. The van der Waals surface area contributed by atoms with Crippen LogP contribution in [0.2, 0.25) is 5.02 Å². The predicted octanol–water partition coefficient (Wildman–Crippen LogP) is 3.62. The number of halogens is 2. The van der Waals surface area contributed by atoms with Gasteiger partial charge in [0.05, 0.1) is 22.0 Å². The van der Waals surface area contributed by atoms with Gasteiger partial charge in [-0.3, -0.25) is 4.68 Å². The summed E-state index contributed by atoms with van der Waals surface area (Å²) in [4.78, 5) is 0. The smallest absolute Gasteiger partial charge is 0.129 e. The van der Waals surface area contributed by atoms with Crippen LogP contribution in [0.5, 0.6) is 0 Å². The average molecular weight is 311 g/mol. The van der Waals surface area contributed by atoms with Crippen LogP contribution in [0.4, 0.5) is 4.39 Å². The van der Waals surface area contributed by atoms with Gasteiger partial charge in [0.2, 0.25) is 0 Å². The van der Waals surface area contributed by atoms with Gasteiger partial charge in [0, 0.05) is 19.0 Å². The number of aromatic nitrogens is 2. The van der Waals surface area contributed by atoms with E-state index in [1.165, 1.54) is 6.07 Å². The molecule has 1 heterocycles. The van der Waals surface area contributed by atoms with E-state index in [1.54, 1.807) is 29.9 Å². The molecule has 0 aliphatic carbocycles. The quantitative estimate of drug-likeness (QED) is 0.916. The van der Waals surface area contributed by atoms with Crippen molar-refractivity contribution in [2.75, 3.05) is 0 Å². The molecule has 0 saturated carbocycles. The van der Waals surface area contributed by atoms with E-state index in [1.807, 2.05) is 13.8 Å². The zero-order chi connectivity index (χ0) is 15.6. The van der Waals surface area contributed by atoms with Crippen LogP contribution in [0.25, 0.3) is 0 Å². The number of nitrogens with zero attached hydrogens (tertiary/aromatic N) is 2. The first-order valence-electron chi connectivity index (χ1n) is 7.10. The van der Waals surface area contributed by atoms with E-state index >= 15 is 0 Å². The second-order valence-electron chi connectivity index (χ2n) is 5.23. The van der Waals surface area contributed by atoms with Crippen molar-refractivity contribution in [1.82, 2.24) is 9.78 Å². The molecular formula is C16H20ClFN2O. The molecule has 0 fully saturated rings. The van der Waals surface area contributed by atoms with Crippen LogP contribution in [0, 0.1) is 5.82 Å². The minimum absolute atomic E-state index is 0.229. The molecule has 1 N–H and O–H groups in total. The lowest BCUT2D eigenvalue weighted by molar-refractivity contribution is 0.0273. The zero-order valence-corrected chi connectivity index (χ0v) is 13.3. The van der Waals surface area contributed by atoms with Gasteiger partial charge in [-0.1, -0.05) is 43.6 Å². The van der Waals surface area contributed by atoms with E-state index in [0.29, 0.717) is 17.0 Å². The van der Waals surface area contributed by atoms with E-state index in [4.69, 9.17) is 11.6 Å². The van der Waals surface area contributed by atoms with Gasteiger partial charge in [-0.2, -0.15) is 5.10 Å². The Bertz CT molecular complexity index is 641. The van der Waals surface area contributed by atoms with Crippen molar-refractivity contribution in [3.63, 3.8) is 0 Å². The van der Waals surface area contributed by atoms with Gasteiger partial charge in [-0.15, -0.1) is 0 Å². The molecule has 21 heavy (non-hydrogen) atoms. The Kier molecular flexibility index (Phi) is 4.69. The van der Waals surface area contributed by atoms with Crippen LogP contribution >= 0.6 is 11.6 Å². The topological polar surface area (TPSA) is 38.0 Å². The van der Waals surface area contributed by atoms with Crippen LogP contribution in [-0.2, 0) is 25.5 Å². The molecule has 0 saturated heterocycles. The molecule has 1 aromatic carbocycles. The molecule has 2 aromatic rings. The predicted molar refractivity (Wildman–Crippen MR) is 81.9 cm³/mol. The second-order valence-corrected chi connectivity index (χ2v) is 5.60. The minimum atomic E-state index is -1.30. The highest BCUT2D eigenvalue weighted by molar-refractivity contribution is 6.31. The Morgan fingerprint density at radius 1 is 1.33 bits per heavy atom. The van der Waals surface area contributed by atoms with Crippen molar-refractivity contribution in [1.29, 1.82) is 0 Å². The zero-order valence-electron chi connectivity index (χ0n) is 12.5. The first-order valence-corrected chi connectivity index (χ1v) is 7.48. The number of aliphatic hydroxyl groups is 1. The van der Waals surface area contributed by atoms with Gasteiger partial charge in [-0.05, 0) is 18.9 Å². The molecule has 0 radical (unpaired) electrons. The standard InChI is InChI=1S/C16H20ClFN2O/c1-4-13-15(17)14(20(3)19-13)10-16(21,5-2)11-8-6-7-9-12(11)18/h6-9,21H,4-5,10H2,1-3H3. The summed E-state index contributed by atoms with van der Waals surface area (Å²) < 4.78 is 15.7. The third-order valence-electron chi connectivity index (χ3n) is 3.92. The molecule has 3 nitrogen and oxygen atoms in total. The Morgan fingerprint density at radius 3 is 2.52 bits per heavy atom. The van der Waals surface area contributed by atoms with E-state index in [9.17, 15) is 9.50 Å². The molecule has 1 unspecified atom stereocenters. The molecule has 2 rings (SSSR count). The van der Waals surface area contributed by atoms with Crippen LogP contribution in [0.15, 0.2) is 24.3 Å². The van der Waals surface area contributed by atoms with Crippen molar-refractivity contribution < 1.29 is 9.50 Å². The van der Waals surface area contributed by atoms with Crippen LogP contribution in [0.3, 0.4) is 0 Å². The maximum atomic E-state index is 14.0. The monoisotopic (exact) mass is 310 g/mol. The second kappa shape index (κ2) is 6.16. The van der Waals surface area contributed by atoms with Gasteiger partial charge in [-0.25, -0.2) is 4.39 Å². The Labute approximate surface area is 129 Å². The van der Waals surface area contributed by atoms with Crippen LogP contribution in [-0.4, -0.2) is 14.9 Å². The van der Waals surface area contributed by atoms with Gasteiger partial charge >= 0.3 is 0 Å². The lowest BCUT2D eigenvalue weighted by Crippen LogP contribution is -2.30. The lowest BCUT2D eigenvalue weighted by Gasteiger charge is -2.28. The average Bonchev–Trinajstić information content (AvgIpc) is 2.75. The fraction of sp³-hybridized carbons (Fsp3) is 0.438. The molecule has 1 aromatic heterocycles. The maximum absolute atomic E-state index is 14.0. The Balaban J connectivity index is 2.44. The first-order chi connectivity index (χ1) is 9.92. The van der Waals surface area contributed by atoms with E-state index in [2.05, 4.69) is 5.10 Å². The molecule has 0 bridgehead atoms. The number of rotatable bonds is 5. The normalized spacial score (nSPS) is 14.2. The third kappa shape index (κ3) is 2.97. The minimum Gasteiger partial charge on any atom is -0.385 e. The SMILES string of the molecule is CCc1nn(C)c(CC(O)(CC)c2ccccc2F)c1Cl. The highest BCUT2D eigenvalue weighted by Crippen LogP contribution is 2.34. The van der Waals surface area contributed by atoms with E-state index in [-0.39, 0.29) is 6.42 Å². The summed E-state index contributed by atoms with van der Waals surface area (Å²) in [5, 5.41) is 15.8. The van der Waals surface area contributed by atoms with Crippen molar-refractivity contribution in [2.24, 2.45) is 7.05 Å². The Morgan fingerprint density at radius 2 is 2.00 bits per heavy atom. The number of benzene rings is 1. The van der Waals surface area contributed by atoms with Crippen molar-refractivity contribution in [3.05, 3.63) is 52.1 Å². The lowest BCUT2D eigenvalue weighted by atomic mass is 9.86. The summed E-state index contributed by atoms with van der Waals surface area (Å²) >= 11 is 6.33. The van der Waals surface area contributed by atoms with Gasteiger partial charge in [0.25, 0.3) is 0 Å². The fourth-order valence-electron chi connectivity index (χ4n) is 2.54. The number of aryl methyl sites for hydroxylation is 2. The first kappa shape index (κ1) is 16.0. The fourth-order valence-corrected chi connectivity index (χ4v) is 2.90. The van der Waals surface area contributed by atoms with Gasteiger partial charge in [0.1, 0.15) is 5.82 Å². The van der Waals surface area contributed by atoms with Crippen molar-refractivity contribution in [3.8, 4) is 0 Å². The maximum Gasteiger partial charge on any atom is 0.129 e. The molecule has 0 spiro atoms. The largest absolute Gasteiger partial charge is 0.385 e. The molecule has 5 heteroatoms. The Hall–Kier alpha value is -1.39. The number of hydrogen-bond acceptors (Lipinski definition) is 2. The summed E-state index contributed by atoms with van der Waals surface area (Å²) in [6.45, 7) is 3.80. The molecular weight excluding hydrogens is 291 g/mol. The van der Waals surface area contributed by atoms with E-state index in [0.717, 1.165) is 17.8 Å². The summed E-state index contributed by atoms with van der Waals surface area (Å²) in [5.74, 6) is -0.407. The van der Waals surface area contributed by atoms with E-state index < -0.39 is 11.4 Å². The summed E-state index contributed by atoms with van der Waals surface area (Å²) in [6, 6.07) is 6.31. The van der Waals surface area contributed by atoms with Crippen molar-refractivity contribution >= 4 is 11.6 Å². The molecule has 0 aliphatic rings. The van der Waals surface area contributed by atoms with Crippen LogP contribution < -0.4 is 0 Å². The summed E-state index contributed by atoms with van der Waals surface area (Å²) in [5.41, 5.74) is 0.512. The third-order valence-corrected chi connectivity index (χ3v) is 4.36. The summed E-state index contributed by atoms with van der Waals surface area (Å²) in [7, 11) is 1.79. The highest BCUT2D eigenvalue weighted by Gasteiger charge is 2.33. The van der Waals surface area contributed by atoms with Gasteiger partial charge in [0.15, 0.2) is 0 Å². The summed E-state index contributed by atoms with van der Waals surface area (Å²) in [6.07, 6.45) is 1.33. The van der Waals surface area contributed by atoms with Crippen molar-refractivity contribution in [2.45, 2.75) is 38.7 Å². The molecule has 1 atom stereocenters.